The van der Waals surface area contributed by atoms with Crippen molar-refractivity contribution in [2.75, 3.05) is 10.2 Å². The molecular formula is C31H35BrN4O6. The average molecular weight is 640 g/mol. The van der Waals surface area contributed by atoms with Crippen LogP contribution in [0.3, 0.4) is 0 Å². The third kappa shape index (κ3) is 6.56. The van der Waals surface area contributed by atoms with Crippen LogP contribution in [0.4, 0.5) is 5.69 Å². The third-order valence-corrected chi connectivity index (χ3v) is 7.96. The number of ketones is 1. The number of anilines is 1. The number of alkyl halides is 1. The second kappa shape index (κ2) is 13.3. The summed E-state index contributed by atoms with van der Waals surface area (Å²) in [5.74, 6) is -2.56. The van der Waals surface area contributed by atoms with Gasteiger partial charge in [0.05, 0.1) is 35.2 Å². The monoisotopic (exact) mass is 638 g/mol. The fraction of sp³-hybridized carbons (Fsp3) is 0.387. The topological polar surface area (TPSA) is 141 Å². The Kier molecular flexibility index (Phi) is 9.82. The van der Waals surface area contributed by atoms with Gasteiger partial charge in [0.2, 0.25) is 11.5 Å². The van der Waals surface area contributed by atoms with Crippen molar-refractivity contribution in [2.24, 2.45) is 11.1 Å². The van der Waals surface area contributed by atoms with Crippen LogP contribution in [-0.4, -0.2) is 62.4 Å². The molecule has 0 bridgehead atoms. The van der Waals surface area contributed by atoms with E-state index in [1.807, 2.05) is 68.4 Å². The summed E-state index contributed by atoms with van der Waals surface area (Å²) in [6.45, 7) is 5.75. The Morgan fingerprint density at radius 2 is 1.81 bits per heavy atom. The van der Waals surface area contributed by atoms with Gasteiger partial charge in [0.1, 0.15) is 0 Å². The number of para-hydroxylation sites is 1. The number of amides is 2. The highest BCUT2D eigenvalue weighted by molar-refractivity contribution is 9.09. The molecule has 2 heterocycles. The molecule has 1 aromatic heterocycles. The van der Waals surface area contributed by atoms with E-state index in [1.165, 1.54) is 0 Å². The lowest BCUT2D eigenvalue weighted by Crippen LogP contribution is -2.55. The maximum absolute atomic E-state index is 13.9. The zero-order chi connectivity index (χ0) is 30.4. The largest absolute Gasteiger partial charge is 0.481 e. The molecule has 3 aromatic rings. The number of nitrogens with zero attached hydrogens (tertiary/aromatic N) is 2. The lowest BCUT2D eigenvalue weighted by atomic mass is 9.84. The summed E-state index contributed by atoms with van der Waals surface area (Å²) in [5, 5.41) is 17.2. The molecule has 2 aromatic carbocycles. The number of carboxylic acids is 1. The zero-order valence-corrected chi connectivity index (χ0v) is 25.4. The number of H-pyrrole nitrogens is 1. The number of carboxylic acid groups (broad SMARTS) is 1. The molecule has 0 radical (unpaired) electrons. The summed E-state index contributed by atoms with van der Waals surface area (Å²) in [4.78, 5) is 62.4. The van der Waals surface area contributed by atoms with Gasteiger partial charge in [-0.1, -0.05) is 90.4 Å². The molecule has 222 valence electrons. The summed E-state index contributed by atoms with van der Waals surface area (Å²) >= 11 is 3.08. The van der Waals surface area contributed by atoms with Crippen molar-refractivity contribution in [3.05, 3.63) is 66.4 Å². The first-order valence-corrected chi connectivity index (χ1v) is 15.0. The Bertz CT molecular complexity index is 1490. The van der Waals surface area contributed by atoms with E-state index >= 15 is 0 Å². The quantitative estimate of drug-likeness (QED) is 0.233. The van der Waals surface area contributed by atoms with Gasteiger partial charge in [-0.05, 0) is 17.5 Å². The van der Waals surface area contributed by atoms with E-state index in [1.54, 1.807) is 18.0 Å². The van der Waals surface area contributed by atoms with Crippen molar-refractivity contribution in [3.63, 3.8) is 0 Å². The summed E-state index contributed by atoms with van der Waals surface area (Å²) in [5.41, 5.74) is 1.32. The van der Waals surface area contributed by atoms with Crippen molar-refractivity contribution in [3.8, 4) is 0 Å². The van der Waals surface area contributed by atoms with Crippen LogP contribution < -0.4 is 10.2 Å². The number of halogens is 1. The first-order valence-electron chi connectivity index (χ1n) is 13.9. The van der Waals surface area contributed by atoms with E-state index in [0.29, 0.717) is 11.4 Å². The minimum atomic E-state index is -1.56. The van der Waals surface area contributed by atoms with Crippen molar-refractivity contribution in [1.82, 2.24) is 10.3 Å². The van der Waals surface area contributed by atoms with Gasteiger partial charge in [-0.25, -0.2) is 0 Å². The lowest BCUT2D eigenvalue weighted by molar-refractivity contribution is -0.147. The molecular weight excluding hydrogens is 604 g/mol. The average Bonchev–Trinajstić information content (AvgIpc) is 3.60. The maximum atomic E-state index is 13.9. The minimum absolute atomic E-state index is 0.0364. The van der Waals surface area contributed by atoms with E-state index in [-0.39, 0.29) is 36.4 Å². The Morgan fingerprint density at radius 3 is 2.45 bits per heavy atom. The van der Waals surface area contributed by atoms with Gasteiger partial charge in [0.15, 0.2) is 5.78 Å². The molecule has 3 atom stereocenters. The Hall–Kier alpha value is -3.99. The maximum Gasteiger partial charge on any atom is 0.305 e. The highest BCUT2D eigenvalue weighted by atomic mass is 79.9. The second-order valence-corrected chi connectivity index (χ2v) is 11.3. The fourth-order valence-electron chi connectivity index (χ4n) is 5.38. The van der Waals surface area contributed by atoms with Crippen LogP contribution in [0.5, 0.6) is 0 Å². The number of rotatable bonds is 13. The molecule has 2 amide bonds. The van der Waals surface area contributed by atoms with E-state index in [4.69, 9.17) is 4.84 Å². The Labute approximate surface area is 252 Å². The van der Waals surface area contributed by atoms with Gasteiger partial charge in [-0.2, -0.15) is 0 Å². The molecule has 1 unspecified atom stereocenters. The van der Waals surface area contributed by atoms with Crippen molar-refractivity contribution in [2.45, 2.75) is 64.1 Å². The first kappa shape index (κ1) is 31.0. The van der Waals surface area contributed by atoms with Crippen LogP contribution >= 0.6 is 15.9 Å². The van der Waals surface area contributed by atoms with Crippen LogP contribution in [0, 0.1) is 5.92 Å². The standard InChI is InChI=1S/C31H35BrN4O6/c1-4-27(38)36(25-18-33-22-13-9-8-12-21(22)25)29(19(2)3)24-16-31(42-35-24,15-20-10-6-5-7-11-20)30(41)34-23(14-28(39)40)26(37)17-32/h5-13,18-19,23,29,33H,4,14-17H2,1-3H3,(H,34,41)(H,39,40)/t23-,29-,31?/m0/s1. The van der Waals surface area contributed by atoms with Gasteiger partial charge in [0, 0.05) is 36.4 Å². The first-order chi connectivity index (χ1) is 20.1. The Balaban J connectivity index is 1.73. The molecule has 42 heavy (non-hydrogen) atoms. The third-order valence-electron chi connectivity index (χ3n) is 7.40. The lowest BCUT2D eigenvalue weighted by Gasteiger charge is -2.34. The molecule has 0 fully saturated rings. The van der Waals surface area contributed by atoms with E-state index in [9.17, 15) is 24.3 Å². The minimum Gasteiger partial charge on any atom is -0.481 e. The number of hydrogen-bond acceptors (Lipinski definition) is 6. The number of aliphatic carboxylic acids is 1. The highest BCUT2D eigenvalue weighted by Crippen LogP contribution is 2.36. The van der Waals surface area contributed by atoms with Crippen LogP contribution in [0.1, 0.15) is 45.6 Å². The smallest absolute Gasteiger partial charge is 0.305 e. The van der Waals surface area contributed by atoms with Gasteiger partial charge < -0.3 is 25.1 Å². The van der Waals surface area contributed by atoms with Crippen LogP contribution in [0.15, 0.2) is 65.9 Å². The van der Waals surface area contributed by atoms with E-state index in [0.717, 1.165) is 16.5 Å². The molecule has 4 rings (SSSR count). The Morgan fingerprint density at radius 1 is 1.12 bits per heavy atom. The summed E-state index contributed by atoms with van der Waals surface area (Å²) in [6.07, 6.45) is 1.64. The van der Waals surface area contributed by atoms with Crippen LogP contribution in [0.2, 0.25) is 0 Å². The highest BCUT2D eigenvalue weighted by Gasteiger charge is 2.50. The number of carbonyl (C=O) groups excluding carboxylic acids is 3. The zero-order valence-electron chi connectivity index (χ0n) is 23.8. The molecule has 0 saturated carbocycles. The van der Waals surface area contributed by atoms with E-state index < -0.39 is 41.8 Å². The second-order valence-electron chi connectivity index (χ2n) is 10.8. The molecule has 0 aliphatic carbocycles. The van der Waals surface area contributed by atoms with Gasteiger partial charge >= 0.3 is 5.97 Å². The number of fused-ring (bicyclic) bond motifs is 1. The number of aromatic nitrogens is 1. The summed E-state index contributed by atoms with van der Waals surface area (Å²) in [6, 6.07) is 15.2. The normalized spacial score (nSPS) is 17.8. The number of nitrogens with one attached hydrogen (secondary N) is 2. The predicted octanol–water partition coefficient (Wildman–Crippen LogP) is 4.62. The van der Waals surface area contributed by atoms with E-state index in [2.05, 4.69) is 31.4 Å². The van der Waals surface area contributed by atoms with Gasteiger partial charge in [-0.3, -0.25) is 19.2 Å². The van der Waals surface area contributed by atoms with Crippen LogP contribution in [-0.2, 0) is 30.4 Å². The van der Waals surface area contributed by atoms with Crippen molar-refractivity contribution < 1.29 is 29.1 Å². The summed E-state index contributed by atoms with van der Waals surface area (Å²) in [7, 11) is 0. The summed E-state index contributed by atoms with van der Waals surface area (Å²) < 4.78 is 0. The molecule has 0 saturated heterocycles. The number of aromatic amines is 1. The molecule has 11 heteroatoms. The van der Waals surface area contributed by atoms with Crippen molar-refractivity contribution >= 4 is 61.8 Å². The molecule has 0 spiro atoms. The molecule has 1 aliphatic heterocycles. The number of carbonyl (C=O) groups is 4. The van der Waals surface area contributed by atoms with Gasteiger partial charge in [-0.15, -0.1) is 0 Å². The number of hydrogen-bond donors (Lipinski definition) is 3. The molecule has 3 N–H and O–H groups in total. The SMILES string of the molecule is CCC(=O)N(c1c[nH]c2ccccc12)[C@H](C1=NOC(Cc2ccccc2)(C(=O)N[C@@H](CC(=O)O)C(=O)CBr)C1)C(C)C. The molecule has 1 aliphatic rings. The number of Topliss-reactive ketones (excluding diaryl/α,β-unsaturated/α-hetero) is 1. The number of oxime groups is 1. The molecule has 10 nitrogen and oxygen atoms in total. The van der Waals surface area contributed by atoms with Crippen molar-refractivity contribution in [1.29, 1.82) is 0 Å². The number of benzene rings is 2. The predicted molar refractivity (Wildman–Crippen MR) is 164 cm³/mol. The van der Waals surface area contributed by atoms with Gasteiger partial charge in [0.25, 0.3) is 5.91 Å². The van der Waals surface area contributed by atoms with Crippen LogP contribution in [0.25, 0.3) is 10.9 Å². The fourth-order valence-corrected chi connectivity index (χ4v) is 5.77.